The summed E-state index contributed by atoms with van der Waals surface area (Å²) in [7, 11) is 0. The minimum absolute atomic E-state index is 0.267. The first-order valence-corrected chi connectivity index (χ1v) is 14.5. The second-order valence-corrected chi connectivity index (χ2v) is 10.8. The Hall–Kier alpha value is 1.24. The summed E-state index contributed by atoms with van der Waals surface area (Å²) in [6, 6.07) is 0. The molecule has 1 heterocycles. The summed E-state index contributed by atoms with van der Waals surface area (Å²) in [5.74, 6) is 9.11. The van der Waals surface area contributed by atoms with E-state index < -0.39 is 0 Å². The third-order valence-electron chi connectivity index (χ3n) is 4.08. The smallest absolute Gasteiger partial charge is 0.0559 e. The SMILES string of the molecule is OCCN1CSCCCCCSCN(CCO)CSCCCCCSC1. The molecule has 0 spiro atoms. The Morgan fingerprint density at radius 1 is 0.500 bits per heavy atom. The molecule has 1 fully saturated rings. The van der Waals surface area contributed by atoms with Crippen LogP contribution >= 0.6 is 47.0 Å². The van der Waals surface area contributed by atoms with E-state index >= 15 is 0 Å². The summed E-state index contributed by atoms with van der Waals surface area (Å²) >= 11 is 8.05. The molecule has 0 aliphatic carbocycles. The molecule has 0 aromatic carbocycles. The number of rotatable bonds is 4. The summed E-state index contributed by atoms with van der Waals surface area (Å²) in [6.45, 7) is 2.14. The van der Waals surface area contributed by atoms with Gasteiger partial charge < -0.3 is 10.2 Å². The van der Waals surface area contributed by atoms with Crippen LogP contribution in [0.2, 0.25) is 0 Å². The van der Waals surface area contributed by atoms with Crippen molar-refractivity contribution < 1.29 is 10.2 Å². The molecule has 0 unspecified atom stereocenters. The lowest BCUT2D eigenvalue weighted by atomic mass is 10.3. The van der Waals surface area contributed by atoms with Crippen molar-refractivity contribution in [2.24, 2.45) is 0 Å². The summed E-state index contributed by atoms with van der Waals surface area (Å²) in [6.07, 6.45) is 7.79. The van der Waals surface area contributed by atoms with E-state index in [9.17, 15) is 10.2 Å². The average molecular weight is 443 g/mol. The number of thioether (sulfide) groups is 4. The molecule has 0 radical (unpaired) electrons. The van der Waals surface area contributed by atoms with E-state index in [0.29, 0.717) is 0 Å². The Kier molecular flexibility index (Phi) is 19.0. The van der Waals surface area contributed by atoms with Crippen LogP contribution < -0.4 is 0 Å². The van der Waals surface area contributed by atoms with E-state index in [1.54, 1.807) is 0 Å². The summed E-state index contributed by atoms with van der Waals surface area (Å²) < 4.78 is 0. The van der Waals surface area contributed by atoms with Crippen molar-refractivity contribution in [1.82, 2.24) is 9.80 Å². The van der Waals surface area contributed by atoms with Gasteiger partial charge in [-0.2, -0.15) is 0 Å². The van der Waals surface area contributed by atoms with Crippen molar-refractivity contribution in [2.45, 2.75) is 38.5 Å². The Bertz CT molecular complexity index is 256. The van der Waals surface area contributed by atoms with Crippen molar-refractivity contribution in [3.05, 3.63) is 0 Å². The molecule has 0 bridgehead atoms. The fraction of sp³-hybridized carbons (Fsp3) is 1.00. The molecular weight excluding hydrogens is 404 g/mol. The van der Waals surface area contributed by atoms with E-state index in [4.69, 9.17) is 0 Å². The van der Waals surface area contributed by atoms with Gasteiger partial charge in [0.15, 0.2) is 0 Å². The van der Waals surface area contributed by atoms with Crippen molar-refractivity contribution >= 4 is 47.0 Å². The molecular formula is C18H38N2O2S4. The van der Waals surface area contributed by atoms with Crippen LogP contribution in [-0.4, -0.2) is 92.8 Å². The average Bonchev–Trinajstić information content (AvgIpc) is 2.64. The topological polar surface area (TPSA) is 46.9 Å². The van der Waals surface area contributed by atoms with Crippen LogP contribution in [0, 0.1) is 0 Å². The molecule has 1 rings (SSSR count). The Morgan fingerprint density at radius 2 is 0.808 bits per heavy atom. The van der Waals surface area contributed by atoms with Crippen LogP contribution in [-0.2, 0) is 0 Å². The highest BCUT2D eigenvalue weighted by molar-refractivity contribution is 8.00. The molecule has 1 aliphatic heterocycles. The van der Waals surface area contributed by atoms with Gasteiger partial charge in [0.1, 0.15) is 0 Å². The minimum Gasteiger partial charge on any atom is -0.395 e. The molecule has 4 nitrogen and oxygen atoms in total. The zero-order valence-electron chi connectivity index (χ0n) is 16.1. The molecule has 0 aromatic rings. The fourth-order valence-electron chi connectivity index (χ4n) is 2.56. The maximum Gasteiger partial charge on any atom is 0.0559 e. The van der Waals surface area contributed by atoms with Crippen molar-refractivity contribution in [3.63, 3.8) is 0 Å². The highest BCUT2D eigenvalue weighted by atomic mass is 32.2. The molecule has 0 atom stereocenters. The maximum absolute atomic E-state index is 9.24. The number of aliphatic hydroxyl groups excluding tert-OH is 2. The summed E-state index contributed by atoms with van der Waals surface area (Å²) in [5, 5.41) is 18.5. The zero-order chi connectivity index (χ0) is 18.7. The standard InChI is InChI=1S/C18H38N2O2S4/c21-9-7-19-15-23-11-3-1-4-12-24-16-20(8-10-22)18-26-14-6-2-5-13-25-17-19/h21-22H,1-18H2. The zero-order valence-corrected chi connectivity index (χ0v) is 19.4. The second kappa shape index (κ2) is 19.6. The van der Waals surface area contributed by atoms with Crippen LogP contribution in [0.5, 0.6) is 0 Å². The Labute approximate surface area is 178 Å². The first-order chi connectivity index (χ1) is 12.9. The Morgan fingerprint density at radius 3 is 1.08 bits per heavy atom. The van der Waals surface area contributed by atoms with Crippen molar-refractivity contribution in [3.8, 4) is 0 Å². The highest BCUT2D eigenvalue weighted by Gasteiger charge is 2.06. The fourth-order valence-corrected chi connectivity index (χ4v) is 6.86. The van der Waals surface area contributed by atoms with Gasteiger partial charge in [0.05, 0.1) is 13.2 Å². The molecule has 2 N–H and O–H groups in total. The first-order valence-electron chi connectivity index (χ1n) is 9.84. The third-order valence-corrected chi connectivity index (χ3v) is 8.58. The van der Waals surface area contributed by atoms with Crippen LogP contribution in [0.1, 0.15) is 38.5 Å². The van der Waals surface area contributed by atoms with Crippen LogP contribution in [0.3, 0.4) is 0 Å². The second-order valence-electron chi connectivity index (χ2n) is 6.51. The predicted octanol–water partition coefficient (Wildman–Crippen LogP) is 3.69. The van der Waals surface area contributed by atoms with E-state index in [-0.39, 0.29) is 13.2 Å². The number of hydrogen-bond donors (Lipinski definition) is 2. The lowest BCUT2D eigenvalue weighted by Crippen LogP contribution is -2.26. The van der Waals surface area contributed by atoms with Gasteiger partial charge in [-0.1, -0.05) is 12.8 Å². The van der Waals surface area contributed by atoms with Crippen molar-refractivity contribution in [2.75, 3.05) is 72.8 Å². The van der Waals surface area contributed by atoms with Gasteiger partial charge >= 0.3 is 0 Å². The van der Waals surface area contributed by atoms with Crippen molar-refractivity contribution in [1.29, 1.82) is 0 Å². The van der Waals surface area contributed by atoms with Gasteiger partial charge in [0.25, 0.3) is 0 Å². The monoisotopic (exact) mass is 442 g/mol. The molecule has 0 saturated carbocycles. The Balaban J connectivity index is 2.29. The third kappa shape index (κ3) is 15.2. The van der Waals surface area contributed by atoms with Crippen LogP contribution in [0.4, 0.5) is 0 Å². The first kappa shape index (κ1) is 25.3. The van der Waals surface area contributed by atoms with E-state index in [2.05, 4.69) is 9.80 Å². The largest absolute Gasteiger partial charge is 0.395 e. The quantitative estimate of drug-likeness (QED) is 0.683. The van der Waals surface area contributed by atoms with Gasteiger partial charge in [-0.15, -0.1) is 47.0 Å². The van der Waals surface area contributed by atoms with Crippen LogP contribution in [0.15, 0.2) is 0 Å². The maximum atomic E-state index is 9.24. The van der Waals surface area contributed by atoms with E-state index in [1.807, 2.05) is 47.0 Å². The molecule has 1 saturated heterocycles. The molecule has 156 valence electrons. The normalized spacial score (nSPS) is 22.8. The van der Waals surface area contributed by atoms with Gasteiger partial charge in [-0.05, 0) is 48.7 Å². The predicted molar refractivity (Wildman–Crippen MR) is 125 cm³/mol. The lowest BCUT2D eigenvalue weighted by molar-refractivity contribution is 0.234. The summed E-state index contributed by atoms with van der Waals surface area (Å²) in [5.41, 5.74) is 0. The molecule has 0 amide bonds. The lowest BCUT2D eigenvalue weighted by Gasteiger charge is -2.21. The molecule has 0 aromatic heterocycles. The summed E-state index contributed by atoms with van der Waals surface area (Å²) in [4.78, 5) is 4.77. The minimum atomic E-state index is 0.267. The van der Waals surface area contributed by atoms with E-state index in [1.165, 1.54) is 61.5 Å². The number of nitrogens with zero attached hydrogens (tertiary/aromatic N) is 2. The molecule has 1 aliphatic rings. The highest BCUT2D eigenvalue weighted by Crippen LogP contribution is 2.17. The number of β-amino-alcohol motifs (C(OH)–C–C–N with tert-alkyl or cyclic N) is 2. The number of hydrogen-bond acceptors (Lipinski definition) is 8. The van der Waals surface area contributed by atoms with Crippen LogP contribution in [0.25, 0.3) is 0 Å². The molecule has 26 heavy (non-hydrogen) atoms. The van der Waals surface area contributed by atoms with Gasteiger partial charge in [-0.25, -0.2) is 0 Å². The van der Waals surface area contributed by atoms with Gasteiger partial charge in [0.2, 0.25) is 0 Å². The van der Waals surface area contributed by atoms with Gasteiger partial charge in [-0.3, -0.25) is 9.80 Å². The van der Waals surface area contributed by atoms with E-state index in [0.717, 1.165) is 36.6 Å². The molecule has 8 heteroatoms. The van der Waals surface area contributed by atoms with Gasteiger partial charge in [0, 0.05) is 36.6 Å². The number of aliphatic hydroxyl groups is 2.